The highest BCUT2D eigenvalue weighted by atomic mass is 15.3. The lowest BCUT2D eigenvalue weighted by molar-refractivity contribution is 0.768. The fourth-order valence-electron chi connectivity index (χ4n) is 2.45. The first-order chi connectivity index (χ1) is 8.72. The van der Waals surface area contributed by atoms with Crippen molar-refractivity contribution in [2.45, 2.75) is 13.0 Å². The molecule has 1 aromatic carbocycles. The summed E-state index contributed by atoms with van der Waals surface area (Å²) in [6.45, 7) is 1.98. The molecule has 0 amide bonds. The maximum absolute atomic E-state index is 4.14. The first-order valence-electron chi connectivity index (χ1n) is 6.28. The average Bonchev–Trinajstić information content (AvgIpc) is 2.94. The van der Waals surface area contributed by atoms with E-state index >= 15 is 0 Å². The minimum absolute atomic E-state index is 0.850. The van der Waals surface area contributed by atoms with Gasteiger partial charge < -0.3 is 10.2 Å². The number of aromatic nitrogens is 2. The Labute approximate surface area is 107 Å². The second-order valence-electron chi connectivity index (χ2n) is 4.89. The lowest BCUT2D eigenvalue weighted by Gasteiger charge is -2.12. The molecule has 0 aliphatic carbocycles. The third-order valence-electron chi connectivity index (χ3n) is 3.47. The molecule has 0 fully saturated rings. The van der Waals surface area contributed by atoms with E-state index in [9.17, 15) is 0 Å². The number of hydrogen-bond acceptors (Lipinski definition) is 3. The van der Waals surface area contributed by atoms with E-state index in [-0.39, 0.29) is 0 Å². The zero-order valence-electron chi connectivity index (χ0n) is 10.8. The highest BCUT2D eigenvalue weighted by Crippen LogP contribution is 2.27. The van der Waals surface area contributed by atoms with Crippen LogP contribution < -0.4 is 10.2 Å². The van der Waals surface area contributed by atoms with Crippen LogP contribution in [-0.2, 0) is 20.0 Å². The van der Waals surface area contributed by atoms with Crippen LogP contribution in [0.4, 0.5) is 11.4 Å². The van der Waals surface area contributed by atoms with Crippen molar-refractivity contribution in [1.82, 2.24) is 9.78 Å². The van der Waals surface area contributed by atoms with Crippen LogP contribution in [0.15, 0.2) is 30.6 Å². The van der Waals surface area contributed by atoms with Gasteiger partial charge in [0.15, 0.2) is 0 Å². The summed E-state index contributed by atoms with van der Waals surface area (Å²) in [5.74, 6) is 0. The minimum atomic E-state index is 0.850. The van der Waals surface area contributed by atoms with Gasteiger partial charge in [-0.2, -0.15) is 5.10 Å². The predicted molar refractivity (Wildman–Crippen MR) is 74.0 cm³/mol. The van der Waals surface area contributed by atoms with Gasteiger partial charge in [0.25, 0.3) is 0 Å². The zero-order chi connectivity index (χ0) is 12.5. The molecule has 2 aromatic rings. The fraction of sp³-hybridized carbons (Fsp3) is 0.357. The van der Waals surface area contributed by atoms with Gasteiger partial charge in [0.2, 0.25) is 0 Å². The van der Waals surface area contributed by atoms with E-state index < -0.39 is 0 Å². The molecule has 0 radical (unpaired) electrons. The lowest BCUT2D eigenvalue weighted by atomic mass is 10.1. The standard InChI is InChI=1S/C14H18N4/c1-17-6-5-12-7-11(3-4-14(12)17)8-15-13-9-16-18(2)10-13/h3-4,7,9-10,15H,5-6,8H2,1-2H3. The average molecular weight is 242 g/mol. The molecule has 1 aliphatic rings. The van der Waals surface area contributed by atoms with E-state index in [1.54, 1.807) is 4.68 Å². The van der Waals surface area contributed by atoms with Crippen molar-refractivity contribution < 1.29 is 0 Å². The van der Waals surface area contributed by atoms with Crippen LogP contribution >= 0.6 is 0 Å². The summed E-state index contributed by atoms with van der Waals surface area (Å²) in [6.07, 6.45) is 4.99. The van der Waals surface area contributed by atoms with Gasteiger partial charge in [-0.25, -0.2) is 0 Å². The fourth-order valence-corrected chi connectivity index (χ4v) is 2.45. The third kappa shape index (κ3) is 2.06. The molecule has 1 N–H and O–H groups in total. The minimum Gasteiger partial charge on any atom is -0.378 e. The first kappa shape index (κ1) is 11.1. The molecule has 0 unspecified atom stereocenters. The lowest BCUT2D eigenvalue weighted by Crippen LogP contribution is -2.12. The molecule has 0 atom stereocenters. The van der Waals surface area contributed by atoms with Gasteiger partial charge in [0.1, 0.15) is 0 Å². The number of benzene rings is 1. The molecule has 3 rings (SSSR count). The van der Waals surface area contributed by atoms with Gasteiger partial charge >= 0.3 is 0 Å². The molecule has 1 aliphatic heterocycles. The number of rotatable bonds is 3. The highest BCUT2D eigenvalue weighted by molar-refractivity contribution is 5.58. The van der Waals surface area contributed by atoms with Gasteiger partial charge in [-0.3, -0.25) is 4.68 Å². The summed E-state index contributed by atoms with van der Waals surface area (Å²) in [6, 6.07) is 6.73. The number of likely N-dealkylation sites (N-methyl/N-ethyl adjacent to an activating group) is 1. The number of hydrogen-bond donors (Lipinski definition) is 1. The third-order valence-corrected chi connectivity index (χ3v) is 3.47. The van der Waals surface area contributed by atoms with Gasteiger partial charge in [0, 0.05) is 39.1 Å². The summed E-state index contributed by atoms with van der Waals surface area (Å²) in [4.78, 5) is 2.31. The van der Waals surface area contributed by atoms with Crippen molar-refractivity contribution in [3.63, 3.8) is 0 Å². The van der Waals surface area contributed by atoms with Crippen LogP contribution in [0.1, 0.15) is 11.1 Å². The van der Waals surface area contributed by atoms with Crippen LogP contribution in [0.5, 0.6) is 0 Å². The SMILES string of the molecule is CN1CCc2cc(CNc3cnn(C)c3)ccc21. The first-order valence-corrected chi connectivity index (χ1v) is 6.28. The van der Waals surface area contributed by atoms with E-state index in [1.165, 1.54) is 16.8 Å². The van der Waals surface area contributed by atoms with E-state index in [1.807, 2.05) is 19.4 Å². The van der Waals surface area contributed by atoms with Crippen molar-refractivity contribution in [1.29, 1.82) is 0 Å². The van der Waals surface area contributed by atoms with E-state index in [0.717, 1.165) is 25.2 Å². The van der Waals surface area contributed by atoms with Gasteiger partial charge in [-0.15, -0.1) is 0 Å². The van der Waals surface area contributed by atoms with Crippen LogP contribution in [0.2, 0.25) is 0 Å². The van der Waals surface area contributed by atoms with Crippen LogP contribution in [-0.4, -0.2) is 23.4 Å². The summed E-state index contributed by atoms with van der Waals surface area (Å²) >= 11 is 0. The maximum atomic E-state index is 4.14. The van der Waals surface area contributed by atoms with Crippen molar-refractivity contribution in [3.05, 3.63) is 41.7 Å². The smallest absolute Gasteiger partial charge is 0.0729 e. The summed E-state index contributed by atoms with van der Waals surface area (Å²) in [5.41, 5.74) is 5.23. The number of aryl methyl sites for hydroxylation is 1. The van der Waals surface area contributed by atoms with Crippen LogP contribution in [0.25, 0.3) is 0 Å². The number of fused-ring (bicyclic) bond motifs is 1. The second kappa shape index (κ2) is 4.37. The number of anilines is 2. The predicted octanol–water partition coefficient (Wildman–Crippen LogP) is 2.02. The Morgan fingerprint density at radius 1 is 1.33 bits per heavy atom. The quantitative estimate of drug-likeness (QED) is 0.894. The molecular formula is C14H18N4. The molecule has 4 heteroatoms. The second-order valence-corrected chi connectivity index (χ2v) is 4.89. The molecular weight excluding hydrogens is 224 g/mol. The largest absolute Gasteiger partial charge is 0.378 e. The van der Waals surface area contributed by atoms with Gasteiger partial charge in [0.05, 0.1) is 11.9 Å². The Hall–Kier alpha value is -1.97. The molecule has 2 heterocycles. The van der Waals surface area contributed by atoms with Crippen LogP contribution in [0.3, 0.4) is 0 Å². The molecule has 0 saturated heterocycles. The zero-order valence-corrected chi connectivity index (χ0v) is 10.8. The molecule has 4 nitrogen and oxygen atoms in total. The molecule has 18 heavy (non-hydrogen) atoms. The Bertz CT molecular complexity index is 559. The Morgan fingerprint density at radius 2 is 2.22 bits per heavy atom. The molecule has 0 spiro atoms. The number of nitrogens with zero attached hydrogens (tertiary/aromatic N) is 3. The maximum Gasteiger partial charge on any atom is 0.0729 e. The van der Waals surface area contributed by atoms with E-state index in [0.29, 0.717) is 0 Å². The molecule has 94 valence electrons. The Kier molecular flexibility index (Phi) is 2.70. The number of nitrogens with one attached hydrogen (secondary N) is 1. The topological polar surface area (TPSA) is 33.1 Å². The summed E-state index contributed by atoms with van der Waals surface area (Å²) in [7, 11) is 4.08. The molecule has 1 aromatic heterocycles. The van der Waals surface area contributed by atoms with Crippen molar-refractivity contribution >= 4 is 11.4 Å². The van der Waals surface area contributed by atoms with Crippen molar-refractivity contribution in [2.75, 3.05) is 23.8 Å². The molecule has 0 saturated carbocycles. The van der Waals surface area contributed by atoms with E-state index in [4.69, 9.17) is 0 Å². The van der Waals surface area contributed by atoms with Crippen molar-refractivity contribution in [3.8, 4) is 0 Å². The monoisotopic (exact) mass is 242 g/mol. The summed E-state index contributed by atoms with van der Waals surface area (Å²) < 4.78 is 1.81. The Balaban J connectivity index is 1.70. The summed E-state index contributed by atoms with van der Waals surface area (Å²) in [5, 5.41) is 7.53. The van der Waals surface area contributed by atoms with Crippen molar-refractivity contribution in [2.24, 2.45) is 7.05 Å². The van der Waals surface area contributed by atoms with E-state index in [2.05, 4.69) is 40.6 Å². The van der Waals surface area contributed by atoms with Crippen LogP contribution in [0, 0.1) is 0 Å². The normalized spacial score (nSPS) is 13.8. The van der Waals surface area contributed by atoms with Gasteiger partial charge in [-0.1, -0.05) is 12.1 Å². The van der Waals surface area contributed by atoms with Gasteiger partial charge in [-0.05, 0) is 23.6 Å². The highest BCUT2D eigenvalue weighted by Gasteiger charge is 2.15. The molecule has 0 bridgehead atoms. The Morgan fingerprint density at radius 3 is 3.00 bits per heavy atom.